The summed E-state index contributed by atoms with van der Waals surface area (Å²) < 4.78 is 5.23. The fourth-order valence-corrected chi connectivity index (χ4v) is 1.83. The van der Waals surface area contributed by atoms with Gasteiger partial charge in [-0.1, -0.05) is 48.7 Å². The van der Waals surface area contributed by atoms with Gasteiger partial charge in [0.2, 0.25) is 11.7 Å². The summed E-state index contributed by atoms with van der Waals surface area (Å²) in [4.78, 5) is 4.37. The molecule has 0 saturated heterocycles. The highest BCUT2D eigenvalue weighted by atomic mass is 16.5. The summed E-state index contributed by atoms with van der Waals surface area (Å²) in [6.07, 6.45) is 3.07. The Kier molecular flexibility index (Phi) is 4.10. The zero-order valence-corrected chi connectivity index (χ0v) is 10.9. The zero-order valence-electron chi connectivity index (χ0n) is 10.9. The molecule has 2 N–H and O–H groups in total. The van der Waals surface area contributed by atoms with Gasteiger partial charge in [-0.25, -0.2) is 0 Å². The highest BCUT2D eigenvalue weighted by Crippen LogP contribution is 2.20. The first-order valence-electron chi connectivity index (χ1n) is 6.37. The molecule has 1 aromatic carbocycles. The highest BCUT2D eigenvalue weighted by Gasteiger charge is 2.15. The van der Waals surface area contributed by atoms with E-state index in [1.165, 1.54) is 5.56 Å². The lowest BCUT2D eigenvalue weighted by Gasteiger charge is -2.03. The minimum atomic E-state index is -0.156. The number of hydrogen-bond acceptors (Lipinski definition) is 4. The summed E-state index contributed by atoms with van der Waals surface area (Å²) in [5.74, 6) is 1.14. The highest BCUT2D eigenvalue weighted by molar-refractivity contribution is 5.55. The van der Waals surface area contributed by atoms with Crippen molar-refractivity contribution in [3.05, 3.63) is 35.7 Å². The van der Waals surface area contributed by atoms with Crippen LogP contribution in [0.3, 0.4) is 0 Å². The van der Waals surface area contributed by atoms with Crippen LogP contribution in [0.4, 0.5) is 0 Å². The fourth-order valence-electron chi connectivity index (χ4n) is 1.83. The minimum absolute atomic E-state index is 0.156. The molecule has 18 heavy (non-hydrogen) atoms. The molecule has 0 amide bonds. The van der Waals surface area contributed by atoms with Crippen molar-refractivity contribution >= 4 is 0 Å². The van der Waals surface area contributed by atoms with Crippen molar-refractivity contribution in [1.29, 1.82) is 0 Å². The second-order valence-corrected chi connectivity index (χ2v) is 4.57. The molecule has 0 aliphatic rings. The summed E-state index contributed by atoms with van der Waals surface area (Å²) in [5.41, 5.74) is 8.15. The Balaban J connectivity index is 2.15. The fraction of sp³-hybridized carbons (Fsp3) is 0.429. The molecule has 4 nitrogen and oxygen atoms in total. The maximum Gasteiger partial charge on any atom is 0.243 e. The molecule has 0 radical (unpaired) electrons. The van der Waals surface area contributed by atoms with E-state index in [2.05, 4.69) is 17.1 Å². The number of nitrogens with two attached hydrogens (primary N) is 1. The number of aromatic nitrogens is 2. The molecule has 0 saturated carbocycles. The monoisotopic (exact) mass is 245 g/mol. The molecule has 0 aliphatic heterocycles. The Morgan fingerprint density at radius 2 is 2.22 bits per heavy atom. The van der Waals surface area contributed by atoms with Crippen LogP contribution in [0, 0.1) is 6.92 Å². The number of unbranched alkanes of at least 4 members (excludes halogenated alkanes) is 1. The van der Waals surface area contributed by atoms with E-state index in [1.54, 1.807) is 0 Å². The molecule has 1 heterocycles. The molecule has 96 valence electrons. The molecule has 2 aromatic rings. The second kappa shape index (κ2) is 5.78. The van der Waals surface area contributed by atoms with Crippen molar-refractivity contribution in [3.63, 3.8) is 0 Å². The summed E-state index contributed by atoms with van der Waals surface area (Å²) >= 11 is 0. The van der Waals surface area contributed by atoms with Gasteiger partial charge in [0.15, 0.2) is 0 Å². The molecule has 0 bridgehead atoms. The quantitative estimate of drug-likeness (QED) is 0.878. The van der Waals surface area contributed by atoms with E-state index >= 15 is 0 Å². The lowest BCUT2D eigenvalue weighted by Crippen LogP contribution is -2.10. The van der Waals surface area contributed by atoms with Crippen molar-refractivity contribution in [2.75, 3.05) is 0 Å². The number of rotatable bonds is 5. The van der Waals surface area contributed by atoms with Crippen molar-refractivity contribution < 1.29 is 4.52 Å². The Labute approximate surface area is 107 Å². The van der Waals surface area contributed by atoms with Gasteiger partial charge < -0.3 is 10.3 Å². The maximum absolute atomic E-state index is 6.01. The van der Waals surface area contributed by atoms with E-state index < -0.39 is 0 Å². The second-order valence-electron chi connectivity index (χ2n) is 4.57. The van der Waals surface area contributed by atoms with Gasteiger partial charge in [-0.3, -0.25) is 0 Å². The van der Waals surface area contributed by atoms with Crippen LogP contribution in [0.2, 0.25) is 0 Å². The van der Waals surface area contributed by atoms with Crippen molar-refractivity contribution in [2.24, 2.45) is 5.73 Å². The van der Waals surface area contributed by atoms with Gasteiger partial charge in [-0.15, -0.1) is 0 Å². The first-order chi connectivity index (χ1) is 8.70. The van der Waals surface area contributed by atoms with Gasteiger partial charge in [0, 0.05) is 5.56 Å². The smallest absolute Gasteiger partial charge is 0.243 e. The third kappa shape index (κ3) is 2.96. The van der Waals surface area contributed by atoms with Crippen molar-refractivity contribution in [2.45, 2.75) is 39.2 Å². The van der Waals surface area contributed by atoms with E-state index in [9.17, 15) is 0 Å². The maximum atomic E-state index is 6.01. The van der Waals surface area contributed by atoms with Crippen LogP contribution in [0.5, 0.6) is 0 Å². The van der Waals surface area contributed by atoms with Gasteiger partial charge in [0.05, 0.1) is 6.04 Å². The zero-order chi connectivity index (χ0) is 13.0. The third-order valence-electron chi connectivity index (χ3n) is 2.90. The van der Waals surface area contributed by atoms with Gasteiger partial charge >= 0.3 is 0 Å². The number of hydrogen-bond donors (Lipinski definition) is 1. The lowest BCUT2D eigenvalue weighted by molar-refractivity contribution is 0.346. The number of benzene rings is 1. The third-order valence-corrected chi connectivity index (χ3v) is 2.90. The first-order valence-corrected chi connectivity index (χ1v) is 6.37. The standard InChI is InChI=1S/C14H19N3O/c1-3-4-8-12(15)14-16-13(17-18-14)11-7-5-6-10(2)9-11/h5-7,9,12H,3-4,8,15H2,1-2H3/t12-/m0/s1. The van der Waals surface area contributed by atoms with Crippen molar-refractivity contribution in [3.8, 4) is 11.4 Å². The van der Waals surface area contributed by atoms with Crippen LogP contribution in [-0.2, 0) is 0 Å². The van der Waals surface area contributed by atoms with Crippen LogP contribution in [0.15, 0.2) is 28.8 Å². The van der Waals surface area contributed by atoms with Gasteiger partial charge in [-0.2, -0.15) is 4.98 Å². The average molecular weight is 245 g/mol. The summed E-state index contributed by atoms with van der Waals surface area (Å²) in [6, 6.07) is 7.87. The Morgan fingerprint density at radius 1 is 1.39 bits per heavy atom. The molecular weight excluding hydrogens is 226 g/mol. The molecule has 1 aromatic heterocycles. The van der Waals surface area contributed by atoms with E-state index in [1.807, 2.05) is 31.2 Å². The molecular formula is C14H19N3O. The molecule has 0 aliphatic carbocycles. The number of nitrogens with zero attached hydrogens (tertiary/aromatic N) is 2. The van der Waals surface area contributed by atoms with Crippen LogP contribution < -0.4 is 5.73 Å². The molecule has 0 unspecified atom stereocenters. The summed E-state index contributed by atoms with van der Waals surface area (Å²) in [7, 11) is 0. The van der Waals surface area contributed by atoms with Crippen molar-refractivity contribution in [1.82, 2.24) is 10.1 Å². The summed E-state index contributed by atoms with van der Waals surface area (Å²) in [5, 5.41) is 3.99. The predicted octanol–water partition coefficient (Wildman–Crippen LogP) is 3.24. The summed E-state index contributed by atoms with van der Waals surface area (Å²) in [6.45, 7) is 4.18. The van der Waals surface area contributed by atoms with Gasteiger partial charge in [-0.05, 0) is 19.4 Å². The van der Waals surface area contributed by atoms with Gasteiger partial charge in [0.1, 0.15) is 0 Å². The number of aryl methyl sites for hydroxylation is 1. The van der Waals surface area contributed by atoms with Gasteiger partial charge in [0.25, 0.3) is 0 Å². The van der Waals surface area contributed by atoms with E-state index in [-0.39, 0.29) is 6.04 Å². The topological polar surface area (TPSA) is 64.9 Å². The molecule has 0 spiro atoms. The van der Waals surface area contributed by atoms with Crippen LogP contribution in [0.1, 0.15) is 43.7 Å². The lowest BCUT2D eigenvalue weighted by atomic mass is 10.1. The molecule has 0 fully saturated rings. The first kappa shape index (κ1) is 12.8. The van der Waals surface area contributed by atoms with Crippen LogP contribution in [-0.4, -0.2) is 10.1 Å². The largest absolute Gasteiger partial charge is 0.337 e. The molecule has 2 rings (SSSR count). The minimum Gasteiger partial charge on any atom is -0.337 e. The normalized spacial score (nSPS) is 12.6. The Bertz CT molecular complexity index is 507. The molecule has 4 heteroatoms. The van der Waals surface area contributed by atoms with Crippen LogP contribution in [0.25, 0.3) is 11.4 Å². The van der Waals surface area contributed by atoms with Crippen LogP contribution >= 0.6 is 0 Å². The van der Waals surface area contributed by atoms with E-state index in [4.69, 9.17) is 10.3 Å². The predicted molar refractivity (Wildman–Crippen MR) is 70.9 cm³/mol. The average Bonchev–Trinajstić information content (AvgIpc) is 2.85. The Hall–Kier alpha value is -1.68. The van der Waals surface area contributed by atoms with E-state index in [0.29, 0.717) is 11.7 Å². The van der Waals surface area contributed by atoms with E-state index in [0.717, 1.165) is 24.8 Å². The Morgan fingerprint density at radius 3 is 2.94 bits per heavy atom. The molecule has 1 atom stereocenters. The SMILES string of the molecule is CCCC[C@H](N)c1nc(-c2cccc(C)c2)no1.